The van der Waals surface area contributed by atoms with Crippen LogP contribution in [-0.2, 0) is 0 Å². The van der Waals surface area contributed by atoms with Gasteiger partial charge in [0.1, 0.15) is 0 Å². The molecule has 1 aromatic carbocycles. The van der Waals surface area contributed by atoms with Crippen LogP contribution < -0.4 is 4.90 Å². The number of carbonyl (C=O) groups is 1. The Balaban J connectivity index is 3.23. The lowest BCUT2D eigenvalue weighted by Gasteiger charge is -2.33. The van der Waals surface area contributed by atoms with Crippen LogP contribution in [0.1, 0.15) is 37.0 Å². The quantitative estimate of drug-likeness (QED) is 0.773. The Morgan fingerprint density at radius 2 is 2.06 bits per heavy atom. The molecule has 0 aliphatic heterocycles. The zero-order valence-corrected chi connectivity index (χ0v) is 11.7. The minimum absolute atomic E-state index is 0.0417. The summed E-state index contributed by atoms with van der Waals surface area (Å²) in [5.41, 5.74) is 1.31. The third kappa shape index (κ3) is 3.24. The van der Waals surface area contributed by atoms with Crippen molar-refractivity contribution in [2.24, 2.45) is 0 Å². The molecule has 0 aliphatic carbocycles. The lowest BCUT2D eigenvalue weighted by Crippen LogP contribution is -2.37. The molecule has 0 amide bonds. The van der Waals surface area contributed by atoms with Crippen LogP contribution in [0.15, 0.2) is 18.2 Å². The van der Waals surface area contributed by atoms with Crippen LogP contribution in [0.25, 0.3) is 0 Å². The predicted octanol–water partition coefficient (Wildman–Crippen LogP) is 3.14. The van der Waals surface area contributed by atoms with Crippen molar-refractivity contribution in [3.05, 3.63) is 28.8 Å². The van der Waals surface area contributed by atoms with Crippen molar-refractivity contribution in [2.45, 2.75) is 32.7 Å². The van der Waals surface area contributed by atoms with Gasteiger partial charge >= 0.3 is 0 Å². The highest BCUT2D eigenvalue weighted by atomic mass is 35.5. The summed E-state index contributed by atoms with van der Waals surface area (Å²) in [7, 11) is 0. The maximum Gasteiger partial charge on any atom is 0.152 e. The Morgan fingerprint density at radius 3 is 2.56 bits per heavy atom. The van der Waals surface area contributed by atoms with Gasteiger partial charge in [-0.2, -0.15) is 0 Å². The van der Waals surface area contributed by atoms with E-state index in [2.05, 4.69) is 13.8 Å². The topological polar surface area (TPSA) is 40.5 Å². The van der Waals surface area contributed by atoms with E-state index in [0.29, 0.717) is 17.1 Å². The molecule has 0 fully saturated rings. The molecule has 0 saturated carbocycles. The van der Waals surface area contributed by atoms with Crippen molar-refractivity contribution < 1.29 is 9.90 Å². The van der Waals surface area contributed by atoms with Gasteiger partial charge in [-0.3, -0.25) is 4.79 Å². The normalized spacial score (nSPS) is 10.7. The molecule has 0 aromatic heterocycles. The minimum Gasteiger partial charge on any atom is -0.395 e. The van der Waals surface area contributed by atoms with Crippen molar-refractivity contribution in [2.75, 3.05) is 18.1 Å². The van der Waals surface area contributed by atoms with Gasteiger partial charge < -0.3 is 10.0 Å². The molecular formula is C14H20ClNO2. The number of benzene rings is 1. The van der Waals surface area contributed by atoms with Crippen LogP contribution >= 0.6 is 11.6 Å². The van der Waals surface area contributed by atoms with Gasteiger partial charge in [-0.05, 0) is 25.0 Å². The number of halogens is 1. The Hall–Kier alpha value is -1.06. The lowest BCUT2D eigenvalue weighted by molar-refractivity contribution is 0.112. The molecule has 1 rings (SSSR count). The van der Waals surface area contributed by atoms with E-state index in [-0.39, 0.29) is 12.6 Å². The molecule has 3 nitrogen and oxygen atoms in total. The number of nitrogens with zero attached hydrogens (tertiary/aromatic N) is 1. The maximum absolute atomic E-state index is 11.1. The van der Waals surface area contributed by atoms with Crippen LogP contribution in [0.2, 0.25) is 5.02 Å². The standard InChI is InChI=1S/C14H20ClNO2/c1-3-12(4-2)16(8-9-17)14-11(10-18)6-5-7-13(14)15/h5-7,10,12,17H,3-4,8-9H2,1-2H3. The molecule has 18 heavy (non-hydrogen) atoms. The third-order valence-electron chi connectivity index (χ3n) is 3.16. The number of para-hydroxylation sites is 1. The van der Waals surface area contributed by atoms with E-state index < -0.39 is 0 Å². The summed E-state index contributed by atoms with van der Waals surface area (Å²) in [5, 5.41) is 9.77. The molecule has 0 atom stereocenters. The summed E-state index contributed by atoms with van der Waals surface area (Å²) in [6.07, 6.45) is 2.70. The fraction of sp³-hybridized carbons (Fsp3) is 0.500. The Bertz CT molecular complexity index is 391. The van der Waals surface area contributed by atoms with Crippen LogP contribution in [0.3, 0.4) is 0 Å². The van der Waals surface area contributed by atoms with Gasteiger partial charge in [0.15, 0.2) is 6.29 Å². The number of hydrogen-bond donors (Lipinski definition) is 1. The second kappa shape index (κ2) is 7.39. The number of carbonyl (C=O) groups excluding carboxylic acids is 1. The Morgan fingerprint density at radius 1 is 1.39 bits per heavy atom. The van der Waals surface area contributed by atoms with Crippen molar-refractivity contribution in [3.8, 4) is 0 Å². The molecule has 0 radical (unpaired) electrons. The molecule has 0 aliphatic rings. The maximum atomic E-state index is 11.1. The van der Waals surface area contributed by atoms with Crippen molar-refractivity contribution in [1.82, 2.24) is 0 Å². The first-order valence-electron chi connectivity index (χ1n) is 6.30. The smallest absolute Gasteiger partial charge is 0.152 e. The van der Waals surface area contributed by atoms with E-state index in [4.69, 9.17) is 11.6 Å². The average molecular weight is 270 g/mol. The van der Waals surface area contributed by atoms with Crippen LogP contribution in [0, 0.1) is 0 Å². The first-order chi connectivity index (χ1) is 8.69. The van der Waals surface area contributed by atoms with Gasteiger partial charge in [0.2, 0.25) is 0 Å². The second-order valence-corrected chi connectivity index (χ2v) is 4.59. The van der Waals surface area contributed by atoms with Crippen LogP contribution in [0.5, 0.6) is 0 Å². The zero-order valence-electron chi connectivity index (χ0n) is 10.9. The van der Waals surface area contributed by atoms with Crippen molar-refractivity contribution >= 4 is 23.6 Å². The number of hydrogen-bond acceptors (Lipinski definition) is 3. The second-order valence-electron chi connectivity index (χ2n) is 4.18. The molecule has 0 spiro atoms. The zero-order chi connectivity index (χ0) is 13.5. The average Bonchev–Trinajstić information content (AvgIpc) is 2.39. The molecular weight excluding hydrogens is 250 g/mol. The number of aldehydes is 1. The van der Waals surface area contributed by atoms with E-state index in [1.165, 1.54) is 0 Å². The monoisotopic (exact) mass is 269 g/mol. The molecule has 0 bridgehead atoms. The molecule has 4 heteroatoms. The van der Waals surface area contributed by atoms with E-state index in [1.807, 2.05) is 4.90 Å². The van der Waals surface area contributed by atoms with E-state index in [9.17, 15) is 9.90 Å². The Labute approximate surface area is 113 Å². The largest absolute Gasteiger partial charge is 0.395 e. The molecule has 1 N–H and O–H groups in total. The van der Waals surface area contributed by atoms with Gasteiger partial charge in [0, 0.05) is 18.2 Å². The summed E-state index contributed by atoms with van der Waals surface area (Å²) in [4.78, 5) is 13.2. The van der Waals surface area contributed by atoms with Gasteiger partial charge in [-0.15, -0.1) is 0 Å². The van der Waals surface area contributed by atoms with Crippen LogP contribution in [-0.4, -0.2) is 30.6 Å². The fourth-order valence-corrected chi connectivity index (χ4v) is 2.53. The summed E-state index contributed by atoms with van der Waals surface area (Å²) >= 11 is 6.21. The van der Waals surface area contributed by atoms with Crippen molar-refractivity contribution in [3.63, 3.8) is 0 Å². The van der Waals surface area contributed by atoms with E-state index in [0.717, 1.165) is 24.8 Å². The van der Waals surface area contributed by atoms with Gasteiger partial charge in [0.05, 0.1) is 17.3 Å². The molecule has 1 aromatic rings. The Kier molecular flexibility index (Phi) is 6.16. The summed E-state index contributed by atoms with van der Waals surface area (Å²) in [6, 6.07) is 5.56. The van der Waals surface area contributed by atoms with Crippen molar-refractivity contribution in [1.29, 1.82) is 0 Å². The van der Waals surface area contributed by atoms with E-state index in [1.54, 1.807) is 18.2 Å². The number of aliphatic hydroxyl groups is 1. The summed E-state index contributed by atoms with van der Waals surface area (Å²) in [5.74, 6) is 0. The van der Waals surface area contributed by atoms with Crippen LogP contribution in [0.4, 0.5) is 5.69 Å². The first kappa shape index (κ1) is 15.0. The summed E-state index contributed by atoms with van der Waals surface area (Å²) < 4.78 is 0. The SMILES string of the molecule is CCC(CC)N(CCO)c1c(Cl)cccc1C=O. The fourth-order valence-electron chi connectivity index (χ4n) is 2.24. The first-order valence-corrected chi connectivity index (χ1v) is 6.68. The predicted molar refractivity (Wildman–Crippen MR) is 75.6 cm³/mol. The van der Waals surface area contributed by atoms with E-state index >= 15 is 0 Å². The summed E-state index contributed by atoms with van der Waals surface area (Å²) in [6.45, 7) is 4.71. The van der Waals surface area contributed by atoms with Gasteiger partial charge in [-0.1, -0.05) is 31.5 Å². The molecule has 0 heterocycles. The molecule has 0 saturated heterocycles. The number of rotatable bonds is 7. The minimum atomic E-state index is 0.0417. The highest BCUT2D eigenvalue weighted by Crippen LogP contribution is 2.31. The number of aliphatic hydroxyl groups excluding tert-OH is 1. The highest BCUT2D eigenvalue weighted by Gasteiger charge is 2.20. The van der Waals surface area contributed by atoms with Gasteiger partial charge in [-0.25, -0.2) is 0 Å². The third-order valence-corrected chi connectivity index (χ3v) is 3.46. The van der Waals surface area contributed by atoms with Gasteiger partial charge in [0.25, 0.3) is 0 Å². The molecule has 0 unspecified atom stereocenters. The molecule has 100 valence electrons. The highest BCUT2D eigenvalue weighted by molar-refractivity contribution is 6.34. The number of anilines is 1. The lowest BCUT2D eigenvalue weighted by atomic mass is 10.1.